The van der Waals surface area contributed by atoms with Gasteiger partial charge in [0.1, 0.15) is 22.7 Å². The Balaban J connectivity index is 1.91. The molecule has 0 aliphatic carbocycles. The Morgan fingerprint density at radius 3 is 2.79 bits per heavy atom. The van der Waals surface area contributed by atoms with Crippen LogP contribution in [0, 0.1) is 5.82 Å². The number of rotatable bonds is 4. The van der Waals surface area contributed by atoms with Gasteiger partial charge in [-0.25, -0.2) is 14.2 Å². The first-order chi connectivity index (χ1) is 13.6. The third kappa shape index (κ3) is 3.30. The van der Waals surface area contributed by atoms with Crippen molar-refractivity contribution in [2.45, 2.75) is 39.2 Å². The number of hydrogen-bond donors (Lipinski definition) is 0. The zero-order valence-corrected chi connectivity index (χ0v) is 15.8. The molecule has 1 saturated heterocycles. The fourth-order valence-corrected chi connectivity index (χ4v) is 3.55. The zero-order chi connectivity index (χ0) is 19.7. The molecule has 8 heteroatoms. The van der Waals surface area contributed by atoms with Crippen LogP contribution in [0.2, 0.25) is 0 Å². The highest BCUT2D eigenvalue weighted by molar-refractivity contribution is 6.00. The Labute approximate surface area is 161 Å². The molecule has 0 amide bonds. The molecular weight excluding hydrogens is 363 g/mol. The maximum atomic E-state index is 13.3. The molecule has 7 nitrogen and oxygen atoms in total. The summed E-state index contributed by atoms with van der Waals surface area (Å²) in [7, 11) is 0. The van der Waals surface area contributed by atoms with Crippen LogP contribution in [0.25, 0.3) is 22.4 Å². The number of piperidine rings is 1. The van der Waals surface area contributed by atoms with Crippen molar-refractivity contribution >= 4 is 22.9 Å². The number of esters is 1. The van der Waals surface area contributed by atoms with E-state index in [0.29, 0.717) is 22.5 Å². The first kappa shape index (κ1) is 18.3. The molecule has 0 N–H and O–H groups in total. The molecule has 0 radical (unpaired) electrons. The van der Waals surface area contributed by atoms with E-state index in [0.717, 1.165) is 25.8 Å². The van der Waals surface area contributed by atoms with Crippen LogP contribution in [0.15, 0.2) is 28.8 Å². The molecule has 0 saturated carbocycles. The highest BCUT2D eigenvalue weighted by Crippen LogP contribution is 2.36. The third-order valence-electron chi connectivity index (χ3n) is 4.97. The lowest BCUT2D eigenvalue weighted by atomic mass is 10.0. The number of fused-ring (bicyclic) bond motifs is 1. The SMILES string of the molecule is CCOC(=O)c1nc(N2CCCCC2C)c2c(-c3ccc(F)cc3)noc2n1. The van der Waals surface area contributed by atoms with Crippen molar-refractivity contribution in [2.24, 2.45) is 0 Å². The van der Waals surface area contributed by atoms with Crippen LogP contribution < -0.4 is 4.90 Å². The van der Waals surface area contributed by atoms with Crippen molar-refractivity contribution in [2.75, 3.05) is 18.1 Å². The highest BCUT2D eigenvalue weighted by atomic mass is 19.1. The Morgan fingerprint density at radius 1 is 1.29 bits per heavy atom. The molecule has 1 aromatic carbocycles. The van der Waals surface area contributed by atoms with Crippen molar-refractivity contribution in [1.29, 1.82) is 0 Å². The number of benzene rings is 1. The van der Waals surface area contributed by atoms with Gasteiger partial charge in [0.25, 0.3) is 5.71 Å². The largest absolute Gasteiger partial charge is 0.460 e. The molecule has 0 bridgehead atoms. The van der Waals surface area contributed by atoms with Gasteiger partial charge in [-0.05, 0) is 57.4 Å². The average molecular weight is 384 g/mol. The molecule has 1 atom stereocenters. The molecule has 1 unspecified atom stereocenters. The van der Waals surface area contributed by atoms with Crippen LogP contribution in [0.1, 0.15) is 43.7 Å². The van der Waals surface area contributed by atoms with Crippen molar-refractivity contribution in [1.82, 2.24) is 15.1 Å². The van der Waals surface area contributed by atoms with E-state index in [4.69, 9.17) is 9.26 Å². The summed E-state index contributed by atoms with van der Waals surface area (Å²) in [6.45, 7) is 4.89. The van der Waals surface area contributed by atoms with Crippen LogP contribution in [0.4, 0.5) is 10.2 Å². The van der Waals surface area contributed by atoms with Gasteiger partial charge in [-0.15, -0.1) is 0 Å². The second kappa shape index (κ2) is 7.53. The summed E-state index contributed by atoms with van der Waals surface area (Å²) in [4.78, 5) is 23.2. The number of ether oxygens (including phenoxy) is 1. The molecule has 1 aliphatic heterocycles. The molecule has 2 aromatic heterocycles. The van der Waals surface area contributed by atoms with Crippen molar-refractivity contribution in [3.05, 3.63) is 35.9 Å². The van der Waals surface area contributed by atoms with E-state index >= 15 is 0 Å². The summed E-state index contributed by atoms with van der Waals surface area (Å²) in [6, 6.07) is 6.25. The first-order valence-electron chi connectivity index (χ1n) is 9.45. The molecule has 3 heterocycles. The van der Waals surface area contributed by atoms with Gasteiger partial charge in [0.05, 0.1) is 6.61 Å². The maximum Gasteiger partial charge on any atom is 0.376 e. The fourth-order valence-electron chi connectivity index (χ4n) is 3.55. The van der Waals surface area contributed by atoms with E-state index in [1.54, 1.807) is 19.1 Å². The van der Waals surface area contributed by atoms with Gasteiger partial charge >= 0.3 is 5.97 Å². The quantitative estimate of drug-likeness (QED) is 0.629. The van der Waals surface area contributed by atoms with Crippen LogP contribution >= 0.6 is 0 Å². The predicted octanol–water partition coefficient (Wildman–Crippen LogP) is 3.98. The van der Waals surface area contributed by atoms with Gasteiger partial charge in [0.2, 0.25) is 5.82 Å². The summed E-state index contributed by atoms with van der Waals surface area (Å²) >= 11 is 0. The van der Waals surface area contributed by atoms with Crippen LogP contribution in [-0.4, -0.2) is 40.3 Å². The lowest BCUT2D eigenvalue weighted by Gasteiger charge is -2.34. The van der Waals surface area contributed by atoms with Crippen LogP contribution in [0.5, 0.6) is 0 Å². The van der Waals surface area contributed by atoms with Gasteiger partial charge < -0.3 is 14.2 Å². The second-order valence-electron chi connectivity index (χ2n) is 6.85. The van der Waals surface area contributed by atoms with Gasteiger partial charge in [0, 0.05) is 18.2 Å². The minimum atomic E-state index is -0.602. The molecule has 28 heavy (non-hydrogen) atoms. The smallest absolute Gasteiger partial charge is 0.376 e. The van der Waals surface area contributed by atoms with E-state index in [9.17, 15) is 9.18 Å². The van der Waals surface area contributed by atoms with Crippen molar-refractivity contribution in [3.63, 3.8) is 0 Å². The Kier molecular flexibility index (Phi) is 4.93. The predicted molar refractivity (Wildman–Crippen MR) is 102 cm³/mol. The zero-order valence-electron chi connectivity index (χ0n) is 15.8. The lowest BCUT2D eigenvalue weighted by Crippen LogP contribution is -2.38. The summed E-state index contributed by atoms with van der Waals surface area (Å²) in [5.41, 5.74) is 1.43. The van der Waals surface area contributed by atoms with Crippen LogP contribution in [0.3, 0.4) is 0 Å². The first-order valence-corrected chi connectivity index (χ1v) is 9.45. The van der Waals surface area contributed by atoms with E-state index in [1.807, 2.05) is 0 Å². The standard InChI is InChI=1S/C20H21FN4O3/c1-3-27-20(26)17-22-18(25-11-5-4-6-12(25)2)15-16(24-28-19(15)23-17)13-7-9-14(21)10-8-13/h7-10,12H,3-6,11H2,1-2H3. The number of hydrogen-bond acceptors (Lipinski definition) is 7. The molecule has 4 rings (SSSR count). The Hall–Kier alpha value is -3.03. The summed E-state index contributed by atoms with van der Waals surface area (Å²) in [5.74, 6) is -0.387. The monoisotopic (exact) mass is 384 g/mol. The number of anilines is 1. The molecular formula is C20H21FN4O3. The van der Waals surface area contributed by atoms with Gasteiger partial charge in [-0.2, -0.15) is 4.98 Å². The number of carbonyl (C=O) groups is 1. The van der Waals surface area contributed by atoms with Crippen LogP contribution in [-0.2, 0) is 4.74 Å². The van der Waals surface area contributed by atoms with Gasteiger partial charge in [-0.3, -0.25) is 0 Å². The van der Waals surface area contributed by atoms with Crippen molar-refractivity contribution in [3.8, 4) is 11.3 Å². The van der Waals surface area contributed by atoms with E-state index < -0.39 is 5.97 Å². The maximum absolute atomic E-state index is 13.3. The molecule has 1 aliphatic rings. The number of aromatic nitrogens is 3. The minimum absolute atomic E-state index is 0.0519. The number of carbonyl (C=O) groups excluding carboxylic acids is 1. The van der Waals surface area contributed by atoms with E-state index in [1.165, 1.54) is 12.1 Å². The van der Waals surface area contributed by atoms with E-state index in [2.05, 4.69) is 26.9 Å². The van der Waals surface area contributed by atoms with Crippen molar-refractivity contribution < 1.29 is 18.4 Å². The summed E-state index contributed by atoms with van der Waals surface area (Å²) in [6.07, 6.45) is 3.20. The Morgan fingerprint density at radius 2 is 2.07 bits per heavy atom. The highest BCUT2D eigenvalue weighted by Gasteiger charge is 2.28. The lowest BCUT2D eigenvalue weighted by molar-refractivity contribution is 0.0512. The number of nitrogens with zero attached hydrogens (tertiary/aromatic N) is 4. The van der Waals surface area contributed by atoms with Gasteiger partial charge in [0.15, 0.2) is 0 Å². The summed E-state index contributed by atoms with van der Waals surface area (Å²) < 4.78 is 23.9. The number of halogens is 1. The third-order valence-corrected chi connectivity index (χ3v) is 4.97. The van der Waals surface area contributed by atoms with Gasteiger partial charge in [-0.1, -0.05) is 5.16 Å². The average Bonchev–Trinajstić information content (AvgIpc) is 3.13. The second-order valence-corrected chi connectivity index (χ2v) is 6.85. The fraction of sp³-hybridized carbons (Fsp3) is 0.400. The normalized spacial score (nSPS) is 17.1. The topological polar surface area (TPSA) is 81.4 Å². The molecule has 0 spiro atoms. The molecule has 146 valence electrons. The minimum Gasteiger partial charge on any atom is -0.460 e. The Bertz CT molecular complexity index is 1000. The summed E-state index contributed by atoms with van der Waals surface area (Å²) in [5, 5.41) is 4.76. The molecule has 3 aromatic rings. The molecule has 1 fully saturated rings. The van der Waals surface area contributed by atoms with E-state index in [-0.39, 0.29) is 30.0 Å².